The average Bonchev–Trinajstić information content (AvgIpc) is 2.75. The van der Waals surface area contributed by atoms with Crippen molar-refractivity contribution < 1.29 is 4.79 Å². The van der Waals surface area contributed by atoms with Crippen LogP contribution in [0.25, 0.3) is 0 Å². The fraction of sp³-hybridized carbons (Fsp3) is 0.417. The SMILES string of the molecule is CN(C)CCN=CNc1ccc(NC(=O)c2ccc(C3CCCCC3)cc2)cc1S. The third kappa shape index (κ3) is 6.61. The van der Waals surface area contributed by atoms with Gasteiger partial charge < -0.3 is 15.5 Å². The second-order valence-electron chi connectivity index (χ2n) is 8.13. The lowest BCUT2D eigenvalue weighted by molar-refractivity contribution is 0.102. The summed E-state index contributed by atoms with van der Waals surface area (Å²) in [6.45, 7) is 1.63. The molecule has 0 aromatic heterocycles. The Balaban J connectivity index is 1.55. The van der Waals surface area contributed by atoms with Crippen molar-refractivity contribution in [2.24, 2.45) is 4.99 Å². The molecule has 0 bridgehead atoms. The van der Waals surface area contributed by atoms with Crippen molar-refractivity contribution in [1.29, 1.82) is 0 Å². The van der Waals surface area contributed by atoms with Gasteiger partial charge >= 0.3 is 0 Å². The standard InChI is InChI=1S/C24H32N4OS/c1-28(2)15-14-25-17-26-22-13-12-21(16-23(22)30)27-24(29)20-10-8-19(9-11-20)18-6-4-3-5-7-18/h8-13,16-18,30H,3-7,14-15H2,1-2H3,(H,25,26)(H,27,29). The molecule has 0 atom stereocenters. The van der Waals surface area contributed by atoms with Gasteiger partial charge in [-0.25, -0.2) is 0 Å². The molecule has 1 aliphatic carbocycles. The molecule has 3 rings (SSSR count). The van der Waals surface area contributed by atoms with Crippen molar-refractivity contribution in [3.63, 3.8) is 0 Å². The molecule has 2 aromatic rings. The Labute approximate surface area is 185 Å². The van der Waals surface area contributed by atoms with Crippen LogP contribution in [-0.2, 0) is 0 Å². The number of nitrogens with zero attached hydrogens (tertiary/aromatic N) is 2. The summed E-state index contributed by atoms with van der Waals surface area (Å²) in [5.41, 5.74) is 3.59. The number of aliphatic imine (C=N–C) groups is 1. The number of hydrogen-bond donors (Lipinski definition) is 3. The summed E-state index contributed by atoms with van der Waals surface area (Å²) in [4.78, 5) is 19.8. The van der Waals surface area contributed by atoms with Crippen LogP contribution in [0.2, 0.25) is 0 Å². The fourth-order valence-electron chi connectivity index (χ4n) is 3.71. The van der Waals surface area contributed by atoms with Crippen LogP contribution >= 0.6 is 12.6 Å². The summed E-state index contributed by atoms with van der Waals surface area (Å²) in [6.07, 6.45) is 8.18. The number of hydrogen-bond acceptors (Lipinski definition) is 4. The van der Waals surface area contributed by atoms with Gasteiger partial charge in [0, 0.05) is 22.7 Å². The molecule has 0 radical (unpaired) electrons. The number of nitrogens with one attached hydrogen (secondary N) is 2. The maximum Gasteiger partial charge on any atom is 0.255 e. The number of carbonyl (C=O) groups excluding carboxylic acids is 1. The highest BCUT2D eigenvalue weighted by atomic mass is 32.1. The van der Waals surface area contributed by atoms with Crippen LogP contribution in [0.5, 0.6) is 0 Å². The first kappa shape index (κ1) is 22.4. The van der Waals surface area contributed by atoms with Crippen molar-refractivity contribution in [2.75, 3.05) is 37.8 Å². The maximum absolute atomic E-state index is 12.6. The van der Waals surface area contributed by atoms with Gasteiger partial charge in [-0.2, -0.15) is 0 Å². The number of rotatable bonds is 8. The van der Waals surface area contributed by atoms with Gasteiger partial charge in [0.1, 0.15) is 0 Å². The van der Waals surface area contributed by atoms with E-state index in [1.54, 1.807) is 6.34 Å². The summed E-state index contributed by atoms with van der Waals surface area (Å²) in [6, 6.07) is 13.7. The van der Waals surface area contributed by atoms with Crippen molar-refractivity contribution in [3.05, 3.63) is 53.6 Å². The van der Waals surface area contributed by atoms with E-state index < -0.39 is 0 Å². The second-order valence-corrected chi connectivity index (χ2v) is 8.61. The first-order valence-electron chi connectivity index (χ1n) is 10.7. The smallest absolute Gasteiger partial charge is 0.255 e. The molecule has 1 aliphatic rings. The van der Waals surface area contributed by atoms with Crippen LogP contribution in [0.15, 0.2) is 52.4 Å². The van der Waals surface area contributed by atoms with Gasteiger partial charge in [-0.15, -0.1) is 12.6 Å². The maximum atomic E-state index is 12.6. The first-order chi connectivity index (χ1) is 14.5. The molecule has 1 fully saturated rings. The molecule has 6 heteroatoms. The Morgan fingerprint density at radius 2 is 1.87 bits per heavy atom. The Morgan fingerprint density at radius 3 is 2.53 bits per heavy atom. The van der Waals surface area contributed by atoms with Crippen LogP contribution in [-0.4, -0.2) is 44.3 Å². The average molecular weight is 425 g/mol. The normalized spacial score (nSPS) is 14.9. The summed E-state index contributed by atoms with van der Waals surface area (Å²) in [5, 5.41) is 6.10. The van der Waals surface area contributed by atoms with E-state index in [2.05, 4.69) is 45.3 Å². The molecular weight excluding hydrogens is 392 g/mol. The van der Waals surface area contributed by atoms with Crippen molar-refractivity contribution in [3.8, 4) is 0 Å². The first-order valence-corrected chi connectivity index (χ1v) is 11.1. The van der Waals surface area contributed by atoms with E-state index >= 15 is 0 Å². The number of benzene rings is 2. The largest absolute Gasteiger partial charge is 0.346 e. The molecule has 30 heavy (non-hydrogen) atoms. The Morgan fingerprint density at radius 1 is 1.13 bits per heavy atom. The van der Waals surface area contributed by atoms with E-state index in [4.69, 9.17) is 0 Å². The third-order valence-corrected chi connectivity index (χ3v) is 5.86. The number of thiol groups is 1. The van der Waals surface area contributed by atoms with Crippen LogP contribution in [0.4, 0.5) is 11.4 Å². The highest BCUT2D eigenvalue weighted by Crippen LogP contribution is 2.32. The number of carbonyl (C=O) groups is 1. The third-order valence-electron chi connectivity index (χ3n) is 5.49. The molecule has 2 aromatic carbocycles. The molecule has 0 aliphatic heterocycles. The highest BCUT2D eigenvalue weighted by Gasteiger charge is 2.16. The molecule has 1 saturated carbocycles. The van der Waals surface area contributed by atoms with E-state index in [0.29, 0.717) is 11.5 Å². The fourth-order valence-corrected chi connectivity index (χ4v) is 3.99. The Kier molecular flexibility index (Phi) is 8.34. The zero-order valence-electron chi connectivity index (χ0n) is 17.9. The summed E-state index contributed by atoms with van der Waals surface area (Å²) in [7, 11) is 4.04. The van der Waals surface area contributed by atoms with Crippen LogP contribution in [0, 0.1) is 0 Å². The molecule has 160 valence electrons. The number of anilines is 2. The van der Waals surface area contributed by atoms with Crippen LogP contribution in [0.3, 0.4) is 0 Å². The van der Waals surface area contributed by atoms with Gasteiger partial charge in [0.25, 0.3) is 5.91 Å². The Hall–Kier alpha value is -2.31. The summed E-state index contributed by atoms with van der Waals surface area (Å²) < 4.78 is 0. The topological polar surface area (TPSA) is 56.7 Å². The monoisotopic (exact) mass is 424 g/mol. The predicted molar refractivity (Wildman–Crippen MR) is 129 cm³/mol. The highest BCUT2D eigenvalue weighted by molar-refractivity contribution is 7.80. The van der Waals surface area contributed by atoms with Gasteiger partial charge in [-0.1, -0.05) is 31.4 Å². The molecule has 1 amide bonds. The van der Waals surface area contributed by atoms with E-state index in [9.17, 15) is 4.79 Å². The minimum absolute atomic E-state index is 0.108. The molecule has 0 spiro atoms. The van der Waals surface area contributed by atoms with E-state index in [1.165, 1.54) is 37.7 Å². The van der Waals surface area contributed by atoms with Gasteiger partial charge in [0.15, 0.2) is 0 Å². The number of likely N-dealkylation sites (N-methyl/N-ethyl adjacent to an activating group) is 1. The van der Waals surface area contributed by atoms with Crippen molar-refractivity contribution in [2.45, 2.75) is 42.9 Å². The van der Waals surface area contributed by atoms with E-state index in [-0.39, 0.29) is 5.91 Å². The van der Waals surface area contributed by atoms with Gasteiger partial charge in [0.2, 0.25) is 0 Å². The van der Waals surface area contributed by atoms with E-state index in [1.807, 2.05) is 44.4 Å². The lowest BCUT2D eigenvalue weighted by atomic mass is 9.84. The second kappa shape index (κ2) is 11.2. The minimum Gasteiger partial charge on any atom is -0.346 e. The molecule has 2 N–H and O–H groups in total. The quantitative estimate of drug-likeness (QED) is 0.307. The van der Waals surface area contributed by atoms with Crippen LogP contribution in [0.1, 0.15) is 53.9 Å². The van der Waals surface area contributed by atoms with Gasteiger partial charge in [-0.05, 0) is 68.8 Å². The lowest BCUT2D eigenvalue weighted by Gasteiger charge is -2.22. The Bertz CT molecular complexity index is 858. The van der Waals surface area contributed by atoms with Crippen LogP contribution < -0.4 is 10.6 Å². The molecular formula is C24H32N4OS. The summed E-state index contributed by atoms with van der Waals surface area (Å²) in [5.74, 6) is 0.540. The van der Waals surface area contributed by atoms with E-state index in [0.717, 1.165) is 29.4 Å². The number of amides is 1. The molecule has 5 nitrogen and oxygen atoms in total. The van der Waals surface area contributed by atoms with Gasteiger partial charge in [0.05, 0.1) is 18.6 Å². The molecule has 0 heterocycles. The minimum atomic E-state index is -0.108. The van der Waals surface area contributed by atoms with Crippen molar-refractivity contribution >= 4 is 36.2 Å². The lowest BCUT2D eigenvalue weighted by Crippen LogP contribution is -2.15. The predicted octanol–water partition coefficient (Wildman–Crippen LogP) is 5.28. The zero-order valence-corrected chi connectivity index (χ0v) is 18.8. The molecule has 0 unspecified atom stereocenters. The van der Waals surface area contributed by atoms with Crippen molar-refractivity contribution in [1.82, 2.24) is 4.90 Å². The zero-order chi connectivity index (χ0) is 21.3. The summed E-state index contributed by atoms with van der Waals surface area (Å²) >= 11 is 4.52. The van der Waals surface area contributed by atoms with Gasteiger partial charge in [-0.3, -0.25) is 9.79 Å². The molecule has 0 saturated heterocycles.